The monoisotopic (exact) mass is 438 g/mol. The van der Waals surface area contributed by atoms with Crippen LogP contribution in [0, 0.1) is 33.5 Å². The van der Waals surface area contributed by atoms with Gasteiger partial charge in [0.15, 0.2) is 5.78 Å². The van der Waals surface area contributed by atoms with Gasteiger partial charge >= 0.3 is 5.97 Å². The third-order valence-electron chi connectivity index (χ3n) is 9.21. The van der Waals surface area contributed by atoms with E-state index in [4.69, 9.17) is 4.74 Å². The summed E-state index contributed by atoms with van der Waals surface area (Å²) >= 11 is 3.87. The van der Waals surface area contributed by atoms with E-state index >= 15 is 0 Å². The van der Waals surface area contributed by atoms with Gasteiger partial charge in [-0.1, -0.05) is 36.2 Å². The van der Waals surface area contributed by atoms with Gasteiger partial charge in [-0.3, -0.25) is 9.59 Å². The second kappa shape index (κ2) is 6.06. The first-order chi connectivity index (χ1) is 12.5. The van der Waals surface area contributed by atoms with Crippen molar-refractivity contribution in [3.8, 4) is 0 Å². The van der Waals surface area contributed by atoms with Gasteiger partial charge in [0.05, 0.1) is 16.3 Å². The standard InChI is InChI=1S/C23H35BrO3/c1-14(2)27-19(26)22(5)10-6-9-21(4)15(22)8-12-23-13-20(3,11-7-16(21)23)18(25)17(23)24/h14-17H,6-13H2,1-5H3/t15-,16-,17+,20-,21+,22+,23-/m0/s1. The normalized spacial score (nSPS) is 51.7. The maximum absolute atomic E-state index is 13.1. The minimum Gasteiger partial charge on any atom is -0.463 e. The van der Waals surface area contributed by atoms with E-state index in [9.17, 15) is 9.59 Å². The highest BCUT2D eigenvalue weighted by Crippen LogP contribution is 2.74. The van der Waals surface area contributed by atoms with Gasteiger partial charge in [0.1, 0.15) is 0 Å². The number of hydrogen-bond donors (Lipinski definition) is 0. The fraction of sp³-hybridized carbons (Fsp3) is 0.913. The van der Waals surface area contributed by atoms with Crippen LogP contribution in [0.4, 0.5) is 0 Å². The SMILES string of the molecule is CC(C)OC(=O)[C@]1(C)CCC[C@@]2(C)[C@@H]3CC[C@@]4(C)C[C@]3(CC[C@@H]21)[C@H](Br)C4=O. The lowest BCUT2D eigenvalue weighted by molar-refractivity contribution is -0.190. The third kappa shape index (κ3) is 2.50. The molecule has 0 aromatic rings. The van der Waals surface area contributed by atoms with Crippen molar-refractivity contribution in [1.82, 2.24) is 0 Å². The lowest BCUT2D eigenvalue weighted by Crippen LogP contribution is -2.60. The summed E-state index contributed by atoms with van der Waals surface area (Å²) < 4.78 is 5.73. The van der Waals surface area contributed by atoms with Crippen LogP contribution in [-0.4, -0.2) is 22.7 Å². The zero-order chi connectivity index (χ0) is 19.8. The minimum atomic E-state index is -0.385. The Kier molecular flexibility index (Phi) is 4.47. The van der Waals surface area contributed by atoms with Crippen LogP contribution in [0.1, 0.15) is 86.0 Å². The number of carbonyl (C=O) groups is 2. The molecule has 0 unspecified atom stereocenters. The second-order valence-corrected chi connectivity index (χ2v) is 12.0. The highest BCUT2D eigenvalue weighted by Gasteiger charge is 2.71. The Bertz CT molecular complexity index is 675. The molecule has 0 amide bonds. The molecule has 0 heterocycles. The van der Waals surface area contributed by atoms with E-state index < -0.39 is 0 Å². The van der Waals surface area contributed by atoms with E-state index in [0.29, 0.717) is 17.6 Å². The Hall–Kier alpha value is -0.380. The Balaban J connectivity index is 1.72. The molecule has 4 rings (SSSR count). The molecule has 0 saturated heterocycles. The zero-order valence-corrected chi connectivity index (χ0v) is 19.2. The van der Waals surface area contributed by atoms with Gasteiger partial charge in [-0.25, -0.2) is 0 Å². The highest BCUT2D eigenvalue weighted by molar-refractivity contribution is 9.10. The second-order valence-electron chi connectivity index (χ2n) is 11.1. The van der Waals surface area contributed by atoms with Crippen LogP contribution in [0.2, 0.25) is 0 Å². The molecular weight excluding hydrogens is 404 g/mol. The Morgan fingerprint density at radius 3 is 2.41 bits per heavy atom. The number of rotatable bonds is 2. The van der Waals surface area contributed by atoms with Crippen LogP contribution in [0.15, 0.2) is 0 Å². The van der Waals surface area contributed by atoms with E-state index in [2.05, 4.69) is 36.7 Å². The molecule has 4 heteroatoms. The third-order valence-corrected chi connectivity index (χ3v) is 10.5. The molecule has 27 heavy (non-hydrogen) atoms. The van der Waals surface area contributed by atoms with Crippen molar-refractivity contribution in [1.29, 1.82) is 0 Å². The van der Waals surface area contributed by atoms with Crippen molar-refractivity contribution < 1.29 is 14.3 Å². The molecule has 4 aliphatic carbocycles. The van der Waals surface area contributed by atoms with Crippen molar-refractivity contribution in [3.63, 3.8) is 0 Å². The van der Waals surface area contributed by atoms with Crippen LogP contribution < -0.4 is 0 Å². The van der Waals surface area contributed by atoms with Crippen LogP contribution in [0.5, 0.6) is 0 Å². The molecule has 0 N–H and O–H groups in total. The average Bonchev–Trinajstić information content (AvgIpc) is 2.71. The van der Waals surface area contributed by atoms with Gasteiger partial charge in [0.2, 0.25) is 0 Å². The Morgan fingerprint density at radius 1 is 1.07 bits per heavy atom. The molecule has 4 fully saturated rings. The zero-order valence-electron chi connectivity index (χ0n) is 17.6. The van der Waals surface area contributed by atoms with Gasteiger partial charge in [0.25, 0.3) is 0 Å². The van der Waals surface area contributed by atoms with Gasteiger partial charge in [-0.05, 0) is 88.4 Å². The first-order valence-electron chi connectivity index (χ1n) is 10.9. The lowest BCUT2D eigenvalue weighted by Gasteiger charge is -2.64. The fourth-order valence-electron chi connectivity index (χ4n) is 8.09. The Labute approximate surface area is 172 Å². The highest BCUT2D eigenvalue weighted by atomic mass is 79.9. The van der Waals surface area contributed by atoms with E-state index in [1.807, 2.05) is 13.8 Å². The number of carbonyl (C=O) groups excluding carboxylic acids is 2. The quantitative estimate of drug-likeness (QED) is 0.411. The molecule has 0 aliphatic heterocycles. The number of ether oxygens (including phenoxy) is 1. The summed E-state index contributed by atoms with van der Waals surface area (Å²) in [6.07, 6.45) is 8.43. The van der Waals surface area contributed by atoms with E-state index in [1.165, 1.54) is 6.42 Å². The van der Waals surface area contributed by atoms with Crippen LogP contribution in [0.25, 0.3) is 0 Å². The van der Waals surface area contributed by atoms with Gasteiger partial charge in [-0.15, -0.1) is 0 Å². The van der Waals surface area contributed by atoms with E-state index in [1.54, 1.807) is 0 Å². The van der Waals surface area contributed by atoms with Crippen LogP contribution >= 0.6 is 15.9 Å². The summed E-state index contributed by atoms with van der Waals surface area (Å²) in [5.74, 6) is 1.33. The largest absolute Gasteiger partial charge is 0.463 e. The number of ketones is 1. The topological polar surface area (TPSA) is 43.4 Å². The molecule has 3 nitrogen and oxygen atoms in total. The summed E-state index contributed by atoms with van der Waals surface area (Å²) in [6, 6.07) is 0. The molecule has 0 radical (unpaired) electrons. The number of hydrogen-bond acceptors (Lipinski definition) is 3. The fourth-order valence-corrected chi connectivity index (χ4v) is 9.35. The average molecular weight is 439 g/mol. The van der Waals surface area contributed by atoms with Crippen LogP contribution in [-0.2, 0) is 14.3 Å². The van der Waals surface area contributed by atoms with E-state index in [-0.39, 0.29) is 38.6 Å². The number of fused-ring (bicyclic) bond motifs is 3. The van der Waals surface area contributed by atoms with Crippen molar-refractivity contribution in [2.24, 2.45) is 33.5 Å². The summed E-state index contributed by atoms with van der Waals surface area (Å²) in [6.45, 7) is 10.7. The van der Waals surface area contributed by atoms with Crippen molar-refractivity contribution >= 4 is 27.7 Å². The molecule has 1 spiro atoms. The summed E-state index contributed by atoms with van der Waals surface area (Å²) in [5.41, 5.74) is -0.304. The lowest BCUT2D eigenvalue weighted by atomic mass is 9.40. The smallest absolute Gasteiger partial charge is 0.312 e. The molecule has 0 aromatic heterocycles. The summed E-state index contributed by atoms with van der Waals surface area (Å²) in [7, 11) is 0. The number of esters is 1. The van der Waals surface area contributed by atoms with Gasteiger partial charge in [-0.2, -0.15) is 0 Å². The molecular formula is C23H35BrO3. The first kappa shape index (κ1) is 19.9. The van der Waals surface area contributed by atoms with E-state index in [0.717, 1.165) is 44.9 Å². The van der Waals surface area contributed by atoms with Gasteiger partial charge in [0, 0.05) is 5.41 Å². The first-order valence-corrected chi connectivity index (χ1v) is 11.8. The maximum atomic E-state index is 13.1. The summed E-state index contributed by atoms with van der Waals surface area (Å²) in [5, 5.41) is 0. The molecule has 7 atom stereocenters. The molecule has 152 valence electrons. The Morgan fingerprint density at radius 2 is 1.74 bits per heavy atom. The molecule has 0 aromatic carbocycles. The van der Waals surface area contributed by atoms with Crippen molar-refractivity contribution in [2.75, 3.05) is 0 Å². The molecule has 4 saturated carbocycles. The number of halogens is 1. The van der Waals surface area contributed by atoms with Crippen molar-refractivity contribution in [3.05, 3.63) is 0 Å². The molecule has 4 aliphatic rings. The number of alkyl halides is 1. The predicted octanol–water partition coefficient (Wildman–Crippen LogP) is 5.68. The summed E-state index contributed by atoms with van der Waals surface area (Å²) in [4.78, 5) is 26.2. The maximum Gasteiger partial charge on any atom is 0.312 e. The molecule has 2 bridgehead atoms. The van der Waals surface area contributed by atoms with Crippen LogP contribution in [0.3, 0.4) is 0 Å². The predicted molar refractivity (Wildman–Crippen MR) is 110 cm³/mol. The van der Waals surface area contributed by atoms with Crippen molar-refractivity contribution in [2.45, 2.75) is 96.9 Å². The number of Topliss-reactive ketones (excluding diaryl/α,β-unsaturated/α-hetero) is 1. The minimum absolute atomic E-state index is 0.00270. The van der Waals surface area contributed by atoms with Gasteiger partial charge < -0.3 is 4.74 Å².